The van der Waals surface area contributed by atoms with E-state index in [-0.39, 0.29) is 5.92 Å². The fourth-order valence-electron chi connectivity index (χ4n) is 4.60. The van der Waals surface area contributed by atoms with E-state index in [0.29, 0.717) is 0 Å². The number of nitrogens with zero attached hydrogens (tertiary/aromatic N) is 2. The van der Waals surface area contributed by atoms with Crippen LogP contribution in [0.4, 0.5) is 0 Å². The number of aromatic nitrogens is 2. The highest BCUT2D eigenvalue weighted by Gasteiger charge is 2.22. The third-order valence-corrected chi connectivity index (χ3v) is 5.97. The Hall–Kier alpha value is -3.85. The summed E-state index contributed by atoms with van der Waals surface area (Å²) < 4.78 is 8.69. The summed E-state index contributed by atoms with van der Waals surface area (Å²) in [6.45, 7) is 4.46. The first-order valence-corrected chi connectivity index (χ1v) is 10.7. The lowest BCUT2D eigenvalue weighted by molar-refractivity contribution is 0.656. The number of para-hydroxylation sites is 3. The summed E-state index contributed by atoms with van der Waals surface area (Å²) in [6, 6.07) is 31.4. The number of hydrogen-bond donors (Lipinski definition) is 0. The van der Waals surface area contributed by atoms with E-state index in [1.54, 1.807) is 0 Å². The molecule has 0 atom stereocenters. The third kappa shape index (κ3) is 2.70. The molecule has 0 aliphatic rings. The average molecular weight is 402 g/mol. The Kier molecular flexibility index (Phi) is 3.97. The Morgan fingerprint density at radius 2 is 1.48 bits per heavy atom. The molecule has 150 valence electrons. The van der Waals surface area contributed by atoms with Crippen molar-refractivity contribution in [2.24, 2.45) is 0 Å². The standard InChI is InChI=1S/C28H22N2O/c1-18(2)26-24(17-16-21-20-12-6-9-15-25(20)31-27(21)26)30-23-14-8-7-13-22(23)29-28(30)19-10-4-3-5-11-19/h3-18H,1-2H3. The van der Waals surface area contributed by atoms with Crippen LogP contribution in [0.5, 0.6) is 0 Å². The van der Waals surface area contributed by atoms with Crippen LogP contribution in [-0.4, -0.2) is 9.55 Å². The zero-order valence-electron chi connectivity index (χ0n) is 17.5. The molecule has 4 aromatic carbocycles. The van der Waals surface area contributed by atoms with Gasteiger partial charge < -0.3 is 4.42 Å². The first-order valence-electron chi connectivity index (χ1n) is 10.7. The van der Waals surface area contributed by atoms with Crippen LogP contribution in [0.2, 0.25) is 0 Å². The minimum atomic E-state index is 0.282. The summed E-state index contributed by atoms with van der Waals surface area (Å²) in [6.07, 6.45) is 0. The molecule has 2 aromatic heterocycles. The van der Waals surface area contributed by atoms with Crippen LogP contribution in [0.25, 0.3) is 50.0 Å². The number of fused-ring (bicyclic) bond motifs is 4. The second-order valence-electron chi connectivity index (χ2n) is 8.25. The molecular weight excluding hydrogens is 380 g/mol. The van der Waals surface area contributed by atoms with Gasteiger partial charge in [0.15, 0.2) is 0 Å². The molecule has 0 aliphatic carbocycles. The van der Waals surface area contributed by atoms with E-state index in [2.05, 4.69) is 85.1 Å². The maximum absolute atomic E-state index is 6.41. The lowest BCUT2D eigenvalue weighted by Crippen LogP contribution is -2.04. The van der Waals surface area contributed by atoms with Gasteiger partial charge in [-0.2, -0.15) is 0 Å². The molecule has 3 heteroatoms. The zero-order chi connectivity index (χ0) is 20.9. The van der Waals surface area contributed by atoms with Crippen molar-refractivity contribution in [2.45, 2.75) is 19.8 Å². The predicted molar refractivity (Wildman–Crippen MR) is 128 cm³/mol. The molecule has 31 heavy (non-hydrogen) atoms. The summed E-state index contributed by atoms with van der Waals surface area (Å²) in [5.41, 5.74) is 7.39. The highest BCUT2D eigenvalue weighted by molar-refractivity contribution is 6.07. The lowest BCUT2D eigenvalue weighted by atomic mass is 9.97. The minimum absolute atomic E-state index is 0.282. The fraction of sp³-hybridized carbons (Fsp3) is 0.107. The molecule has 6 rings (SSSR count). The largest absolute Gasteiger partial charge is 0.456 e. The number of benzene rings is 4. The zero-order valence-corrected chi connectivity index (χ0v) is 17.5. The maximum Gasteiger partial charge on any atom is 0.145 e. The molecule has 0 unspecified atom stereocenters. The fourth-order valence-corrected chi connectivity index (χ4v) is 4.60. The molecular formula is C28H22N2O. The minimum Gasteiger partial charge on any atom is -0.456 e. The van der Waals surface area contributed by atoms with Crippen LogP contribution in [0.3, 0.4) is 0 Å². The molecule has 6 aromatic rings. The average Bonchev–Trinajstić information content (AvgIpc) is 3.37. The van der Waals surface area contributed by atoms with Gasteiger partial charge in [-0.1, -0.05) is 74.5 Å². The number of imidazole rings is 1. The van der Waals surface area contributed by atoms with Crippen LogP contribution in [0, 0.1) is 0 Å². The normalized spacial score (nSPS) is 11.8. The van der Waals surface area contributed by atoms with Gasteiger partial charge in [-0.05, 0) is 36.2 Å². The van der Waals surface area contributed by atoms with Gasteiger partial charge in [0.25, 0.3) is 0 Å². The highest BCUT2D eigenvalue weighted by atomic mass is 16.3. The van der Waals surface area contributed by atoms with Crippen LogP contribution in [0.15, 0.2) is 95.4 Å². The second kappa shape index (κ2) is 6.85. The van der Waals surface area contributed by atoms with Crippen LogP contribution in [0.1, 0.15) is 25.3 Å². The van der Waals surface area contributed by atoms with Gasteiger partial charge in [0.2, 0.25) is 0 Å². The van der Waals surface area contributed by atoms with Crippen LogP contribution >= 0.6 is 0 Å². The molecule has 0 spiro atoms. The van der Waals surface area contributed by atoms with Crippen LogP contribution in [-0.2, 0) is 0 Å². The molecule has 0 fully saturated rings. The Bertz CT molecular complexity index is 1550. The van der Waals surface area contributed by atoms with Crippen molar-refractivity contribution in [3.05, 3.63) is 96.6 Å². The molecule has 3 nitrogen and oxygen atoms in total. The molecule has 0 radical (unpaired) electrons. The smallest absolute Gasteiger partial charge is 0.145 e. The molecule has 0 N–H and O–H groups in total. The van der Waals surface area contributed by atoms with Crippen molar-refractivity contribution in [1.29, 1.82) is 0 Å². The Labute approximate surface area is 180 Å². The van der Waals surface area contributed by atoms with Crippen molar-refractivity contribution in [3.63, 3.8) is 0 Å². The third-order valence-electron chi connectivity index (χ3n) is 5.97. The number of furan rings is 1. The molecule has 0 aliphatic heterocycles. The Balaban J connectivity index is 1.75. The second-order valence-corrected chi connectivity index (χ2v) is 8.25. The summed E-state index contributed by atoms with van der Waals surface area (Å²) in [5, 5.41) is 2.32. The molecule has 0 saturated heterocycles. The monoisotopic (exact) mass is 402 g/mol. The topological polar surface area (TPSA) is 31.0 Å². The van der Waals surface area contributed by atoms with Crippen molar-refractivity contribution in [1.82, 2.24) is 9.55 Å². The van der Waals surface area contributed by atoms with Gasteiger partial charge in [0, 0.05) is 21.9 Å². The van der Waals surface area contributed by atoms with E-state index in [4.69, 9.17) is 9.40 Å². The van der Waals surface area contributed by atoms with E-state index in [0.717, 1.165) is 50.0 Å². The molecule has 0 amide bonds. The van der Waals surface area contributed by atoms with E-state index in [1.165, 1.54) is 5.56 Å². The first kappa shape index (κ1) is 18.0. The van der Waals surface area contributed by atoms with Gasteiger partial charge in [-0.25, -0.2) is 4.98 Å². The van der Waals surface area contributed by atoms with Crippen molar-refractivity contribution < 1.29 is 4.42 Å². The van der Waals surface area contributed by atoms with Gasteiger partial charge in [-0.3, -0.25) is 4.57 Å². The summed E-state index contributed by atoms with van der Waals surface area (Å²) in [7, 11) is 0. The highest BCUT2D eigenvalue weighted by Crippen LogP contribution is 2.39. The summed E-state index contributed by atoms with van der Waals surface area (Å²) in [5.74, 6) is 1.23. The summed E-state index contributed by atoms with van der Waals surface area (Å²) >= 11 is 0. The lowest BCUT2D eigenvalue weighted by Gasteiger charge is -2.17. The molecule has 2 heterocycles. The van der Waals surface area contributed by atoms with E-state index >= 15 is 0 Å². The first-order chi connectivity index (χ1) is 15.2. The molecule has 0 saturated carbocycles. The van der Waals surface area contributed by atoms with Gasteiger partial charge in [0.05, 0.1) is 16.7 Å². The Morgan fingerprint density at radius 3 is 2.32 bits per heavy atom. The van der Waals surface area contributed by atoms with Crippen molar-refractivity contribution >= 4 is 33.0 Å². The summed E-state index contributed by atoms with van der Waals surface area (Å²) in [4.78, 5) is 5.01. The van der Waals surface area contributed by atoms with Gasteiger partial charge in [-0.15, -0.1) is 0 Å². The maximum atomic E-state index is 6.41. The van der Waals surface area contributed by atoms with Gasteiger partial charge >= 0.3 is 0 Å². The quantitative estimate of drug-likeness (QED) is 0.303. The molecule has 0 bridgehead atoms. The Morgan fingerprint density at radius 1 is 0.742 bits per heavy atom. The van der Waals surface area contributed by atoms with E-state index in [9.17, 15) is 0 Å². The van der Waals surface area contributed by atoms with E-state index in [1.807, 2.05) is 24.3 Å². The van der Waals surface area contributed by atoms with Crippen LogP contribution < -0.4 is 0 Å². The predicted octanol–water partition coefficient (Wildman–Crippen LogP) is 7.72. The van der Waals surface area contributed by atoms with Crippen molar-refractivity contribution in [2.75, 3.05) is 0 Å². The van der Waals surface area contributed by atoms with Crippen molar-refractivity contribution in [3.8, 4) is 17.1 Å². The van der Waals surface area contributed by atoms with E-state index < -0.39 is 0 Å². The number of hydrogen-bond acceptors (Lipinski definition) is 2. The number of rotatable bonds is 3. The SMILES string of the molecule is CC(C)c1c(-n2c(-c3ccccc3)nc3ccccc32)ccc2c1oc1ccccc12. The van der Waals surface area contributed by atoms with Gasteiger partial charge in [0.1, 0.15) is 17.0 Å².